The number of hydrogen-bond acceptors (Lipinski definition) is 4. The van der Waals surface area contributed by atoms with Crippen LogP contribution in [0, 0.1) is 11.7 Å². The van der Waals surface area contributed by atoms with E-state index in [9.17, 15) is 18.8 Å². The molecule has 0 radical (unpaired) electrons. The van der Waals surface area contributed by atoms with Gasteiger partial charge < -0.3 is 10.2 Å². The van der Waals surface area contributed by atoms with Gasteiger partial charge in [-0.15, -0.1) is 0 Å². The molecule has 160 valence electrons. The number of rotatable bonds is 5. The molecule has 7 nitrogen and oxygen atoms in total. The van der Waals surface area contributed by atoms with Crippen molar-refractivity contribution in [1.82, 2.24) is 9.78 Å². The fourth-order valence-corrected chi connectivity index (χ4v) is 3.77. The normalized spacial score (nSPS) is 13.9. The van der Waals surface area contributed by atoms with E-state index in [2.05, 4.69) is 10.4 Å². The zero-order chi connectivity index (χ0) is 22.1. The third-order valence-electron chi connectivity index (χ3n) is 5.19. The van der Waals surface area contributed by atoms with Gasteiger partial charge in [0.25, 0.3) is 11.5 Å². The summed E-state index contributed by atoms with van der Waals surface area (Å²) in [7, 11) is 0. The molecular weight excluding hydrogens is 399 g/mol. The van der Waals surface area contributed by atoms with Crippen LogP contribution in [-0.2, 0) is 11.3 Å². The summed E-state index contributed by atoms with van der Waals surface area (Å²) in [4.78, 5) is 39.0. The lowest BCUT2D eigenvalue weighted by atomic mass is 10.1. The quantitative estimate of drug-likeness (QED) is 0.681. The molecule has 1 saturated heterocycles. The van der Waals surface area contributed by atoms with Crippen LogP contribution in [0.5, 0.6) is 0 Å². The van der Waals surface area contributed by atoms with E-state index in [0.717, 1.165) is 0 Å². The number of carbonyl (C=O) groups excluding carboxylic acids is 2. The minimum atomic E-state index is -0.587. The van der Waals surface area contributed by atoms with Crippen molar-refractivity contribution in [3.8, 4) is 0 Å². The highest BCUT2D eigenvalue weighted by atomic mass is 19.1. The van der Waals surface area contributed by atoms with Crippen molar-refractivity contribution in [3.05, 3.63) is 64.3 Å². The van der Waals surface area contributed by atoms with E-state index in [1.54, 1.807) is 30.3 Å². The Kier molecular flexibility index (Phi) is 5.54. The van der Waals surface area contributed by atoms with E-state index in [-0.39, 0.29) is 34.5 Å². The van der Waals surface area contributed by atoms with Crippen LogP contribution in [0.1, 0.15) is 37.2 Å². The van der Waals surface area contributed by atoms with Crippen LogP contribution in [0.3, 0.4) is 0 Å². The minimum absolute atomic E-state index is 0.0926. The van der Waals surface area contributed by atoms with Crippen molar-refractivity contribution in [2.75, 3.05) is 16.8 Å². The van der Waals surface area contributed by atoms with Gasteiger partial charge >= 0.3 is 0 Å². The van der Waals surface area contributed by atoms with Crippen LogP contribution in [0.15, 0.2) is 47.3 Å². The molecule has 1 fully saturated rings. The van der Waals surface area contributed by atoms with Crippen molar-refractivity contribution >= 4 is 34.0 Å². The summed E-state index contributed by atoms with van der Waals surface area (Å²) in [6, 6.07) is 11.0. The highest BCUT2D eigenvalue weighted by Crippen LogP contribution is 2.27. The number of benzene rings is 2. The van der Waals surface area contributed by atoms with E-state index in [0.29, 0.717) is 36.7 Å². The monoisotopic (exact) mass is 422 g/mol. The Hall–Kier alpha value is -3.55. The molecule has 3 aromatic rings. The number of nitrogens with one attached hydrogen (secondary N) is 1. The van der Waals surface area contributed by atoms with Gasteiger partial charge in [0.1, 0.15) is 5.82 Å². The molecule has 1 aliphatic heterocycles. The SMILES string of the molecule is CC(C)Cn1nc(C(=O)Nc2ccc(N3CCCC3=O)c(F)c2)c2ccccc2c1=O. The zero-order valence-corrected chi connectivity index (χ0v) is 17.4. The summed E-state index contributed by atoms with van der Waals surface area (Å²) in [6.07, 6.45) is 1.10. The molecule has 0 aliphatic carbocycles. The van der Waals surface area contributed by atoms with Crippen LogP contribution in [0.4, 0.5) is 15.8 Å². The van der Waals surface area contributed by atoms with E-state index in [4.69, 9.17) is 0 Å². The molecular formula is C23H23FN4O3. The molecule has 0 bridgehead atoms. The number of aromatic nitrogens is 2. The van der Waals surface area contributed by atoms with Gasteiger partial charge in [0.05, 0.1) is 11.1 Å². The first-order chi connectivity index (χ1) is 14.8. The third-order valence-corrected chi connectivity index (χ3v) is 5.19. The van der Waals surface area contributed by atoms with Gasteiger partial charge in [-0.3, -0.25) is 14.4 Å². The van der Waals surface area contributed by atoms with Crippen LogP contribution in [0.2, 0.25) is 0 Å². The molecule has 1 N–H and O–H groups in total. The van der Waals surface area contributed by atoms with Gasteiger partial charge in [-0.2, -0.15) is 5.10 Å². The highest BCUT2D eigenvalue weighted by Gasteiger charge is 2.24. The Morgan fingerprint density at radius 3 is 2.55 bits per heavy atom. The number of fused-ring (bicyclic) bond motifs is 1. The molecule has 31 heavy (non-hydrogen) atoms. The summed E-state index contributed by atoms with van der Waals surface area (Å²) < 4.78 is 15.9. The van der Waals surface area contributed by atoms with E-state index in [1.165, 1.54) is 21.7 Å². The summed E-state index contributed by atoms with van der Waals surface area (Å²) in [5.41, 5.74) is 0.279. The van der Waals surface area contributed by atoms with Crippen LogP contribution in [-0.4, -0.2) is 28.1 Å². The Labute approximate surface area is 178 Å². The van der Waals surface area contributed by atoms with Gasteiger partial charge in [0, 0.05) is 30.6 Å². The first-order valence-corrected chi connectivity index (χ1v) is 10.3. The number of nitrogens with zero attached hydrogens (tertiary/aromatic N) is 3. The average molecular weight is 422 g/mol. The first-order valence-electron chi connectivity index (χ1n) is 10.3. The Morgan fingerprint density at radius 1 is 1.16 bits per heavy atom. The molecule has 1 aliphatic rings. The van der Waals surface area contributed by atoms with Crippen molar-refractivity contribution < 1.29 is 14.0 Å². The first kappa shape index (κ1) is 20.7. The zero-order valence-electron chi connectivity index (χ0n) is 17.4. The fraction of sp³-hybridized carbons (Fsp3) is 0.304. The van der Waals surface area contributed by atoms with Gasteiger partial charge in [0.15, 0.2) is 5.69 Å². The fourth-order valence-electron chi connectivity index (χ4n) is 3.77. The molecule has 2 aromatic carbocycles. The van der Waals surface area contributed by atoms with Crippen LogP contribution >= 0.6 is 0 Å². The number of carbonyl (C=O) groups is 2. The largest absolute Gasteiger partial charge is 0.320 e. The molecule has 0 atom stereocenters. The van der Waals surface area contributed by atoms with Gasteiger partial charge in [0.2, 0.25) is 5.91 Å². The Bertz CT molecular complexity index is 1240. The predicted octanol–water partition coefficient (Wildman–Crippen LogP) is 3.57. The molecule has 0 unspecified atom stereocenters. The summed E-state index contributed by atoms with van der Waals surface area (Å²) in [6.45, 7) is 4.77. The maximum atomic E-state index is 14.6. The second-order valence-electron chi connectivity index (χ2n) is 8.04. The summed E-state index contributed by atoms with van der Waals surface area (Å²) in [5, 5.41) is 7.79. The summed E-state index contributed by atoms with van der Waals surface area (Å²) in [5.74, 6) is -1.08. The van der Waals surface area contributed by atoms with Crippen LogP contribution in [0.25, 0.3) is 10.8 Å². The van der Waals surface area contributed by atoms with Crippen molar-refractivity contribution in [2.24, 2.45) is 5.92 Å². The number of anilines is 2. The molecule has 2 heterocycles. The van der Waals surface area contributed by atoms with E-state index in [1.807, 2.05) is 13.8 Å². The lowest BCUT2D eigenvalue weighted by Gasteiger charge is -2.17. The topological polar surface area (TPSA) is 84.3 Å². The Morgan fingerprint density at radius 2 is 1.90 bits per heavy atom. The molecule has 8 heteroatoms. The second-order valence-corrected chi connectivity index (χ2v) is 8.04. The third kappa shape index (κ3) is 4.05. The summed E-state index contributed by atoms with van der Waals surface area (Å²) >= 11 is 0. The van der Waals surface area contributed by atoms with E-state index < -0.39 is 11.7 Å². The molecule has 0 spiro atoms. The smallest absolute Gasteiger partial charge is 0.276 e. The molecule has 2 amide bonds. The molecule has 0 saturated carbocycles. The van der Waals surface area contributed by atoms with Crippen molar-refractivity contribution in [2.45, 2.75) is 33.2 Å². The van der Waals surface area contributed by atoms with Gasteiger partial charge in [-0.25, -0.2) is 9.07 Å². The van der Waals surface area contributed by atoms with Crippen molar-refractivity contribution in [3.63, 3.8) is 0 Å². The molecule has 1 aromatic heterocycles. The predicted molar refractivity (Wildman–Crippen MR) is 117 cm³/mol. The van der Waals surface area contributed by atoms with Crippen LogP contribution < -0.4 is 15.8 Å². The van der Waals surface area contributed by atoms with Gasteiger partial charge in [-0.1, -0.05) is 32.0 Å². The maximum Gasteiger partial charge on any atom is 0.276 e. The van der Waals surface area contributed by atoms with E-state index >= 15 is 0 Å². The standard InChI is InChI=1S/C23H23FN4O3/c1-14(2)13-28-23(31)17-7-4-3-6-16(17)21(26-28)22(30)25-15-9-10-19(18(24)12-15)27-11-5-8-20(27)29/h3-4,6-7,9-10,12,14H,5,8,11,13H2,1-2H3,(H,25,30). The Balaban J connectivity index is 1.67. The van der Waals surface area contributed by atoms with Crippen molar-refractivity contribution in [1.29, 1.82) is 0 Å². The highest BCUT2D eigenvalue weighted by molar-refractivity contribution is 6.11. The number of amides is 2. The maximum absolute atomic E-state index is 14.6. The average Bonchev–Trinajstić information content (AvgIpc) is 3.15. The lowest BCUT2D eigenvalue weighted by molar-refractivity contribution is -0.117. The molecule has 4 rings (SSSR count). The lowest BCUT2D eigenvalue weighted by Crippen LogP contribution is -2.29. The number of hydrogen-bond donors (Lipinski definition) is 1. The minimum Gasteiger partial charge on any atom is -0.320 e. The number of halogens is 1. The second kappa shape index (κ2) is 8.29. The van der Waals surface area contributed by atoms with Gasteiger partial charge in [-0.05, 0) is 36.6 Å².